The van der Waals surface area contributed by atoms with Crippen molar-refractivity contribution in [3.8, 4) is 0 Å². The summed E-state index contributed by atoms with van der Waals surface area (Å²) in [6.45, 7) is 9.95. The lowest BCUT2D eigenvalue weighted by atomic mass is 10.0. The molecule has 0 aliphatic rings. The first-order valence-electron chi connectivity index (χ1n) is 6.56. The van der Waals surface area contributed by atoms with Crippen molar-refractivity contribution in [3.05, 3.63) is 23.0 Å². The van der Waals surface area contributed by atoms with Crippen LogP contribution in [0.2, 0.25) is 0 Å². The van der Waals surface area contributed by atoms with Crippen molar-refractivity contribution in [1.29, 1.82) is 0 Å². The molecule has 0 aliphatic carbocycles. The smallest absolute Gasteiger partial charge is 0.407 e. The topological polar surface area (TPSA) is 80.1 Å². The highest BCUT2D eigenvalue weighted by Crippen LogP contribution is 2.14. The largest absolute Gasteiger partial charge is 0.444 e. The van der Waals surface area contributed by atoms with Gasteiger partial charge in [-0.25, -0.2) is 4.79 Å². The van der Waals surface area contributed by atoms with E-state index in [0.717, 1.165) is 5.69 Å². The Labute approximate surface area is 114 Å². The summed E-state index contributed by atoms with van der Waals surface area (Å²) in [4.78, 5) is 14.9. The molecule has 4 N–H and O–H groups in total. The minimum Gasteiger partial charge on any atom is -0.444 e. The molecule has 5 nitrogen and oxygen atoms in total. The number of aryl methyl sites for hydroxylation is 2. The molecule has 0 saturated carbocycles. The molecule has 108 valence electrons. The zero-order valence-corrected chi connectivity index (χ0v) is 12.5. The number of carbonyl (C=O) groups is 1. The van der Waals surface area contributed by atoms with E-state index in [1.807, 2.05) is 40.8 Å². The Kier molecular flexibility index (Phi) is 5.00. The maximum atomic E-state index is 11.7. The monoisotopic (exact) mass is 267 g/mol. The van der Waals surface area contributed by atoms with Gasteiger partial charge in [0, 0.05) is 24.5 Å². The molecule has 1 heterocycles. The summed E-state index contributed by atoms with van der Waals surface area (Å²) in [6, 6.07) is -0.122. The molecule has 0 radical (unpaired) electrons. The molecule has 0 aliphatic heterocycles. The second-order valence-electron chi connectivity index (χ2n) is 5.86. The number of nitrogens with one attached hydrogen (secondary N) is 2. The van der Waals surface area contributed by atoms with E-state index in [4.69, 9.17) is 10.5 Å². The van der Waals surface area contributed by atoms with Gasteiger partial charge in [-0.2, -0.15) is 0 Å². The molecule has 0 bridgehead atoms. The Morgan fingerprint density at radius 2 is 2.11 bits per heavy atom. The van der Waals surface area contributed by atoms with Crippen LogP contribution in [0.5, 0.6) is 0 Å². The summed E-state index contributed by atoms with van der Waals surface area (Å²) in [5.41, 5.74) is 8.72. The fraction of sp³-hybridized carbons (Fsp3) is 0.643. The van der Waals surface area contributed by atoms with Crippen LogP contribution in [0.3, 0.4) is 0 Å². The quantitative estimate of drug-likeness (QED) is 0.781. The van der Waals surface area contributed by atoms with E-state index >= 15 is 0 Å². The number of amides is 1. The van der Waals surface area contributed by atoms with Crippen molar-refractivity contribution in [2.24, 2.45) is 5.73 Å². The van der Waals surface area contributed by atoms with Crippen molar-refractivity contribution < 1.29 is 9.53 Å². The molecule has 0 aromatic carbocycles. The average molecular weight is 267 g/mol. The van der Waals surface area contributed by atoms with Gasteiger partial charge in [0.2, 0.25) is 0 Å². The molecular formula is C14H25N3O2. The molecule has 1 rings (SSSR count). The van der Waals surface area contributed by atoms with Crippen molar-refractivity contribution in [3.63, 3.8) is 0 Å². The van der Waals surface area contributed by atoms with E-state index < -0.39 is 11.7 Å². The second-order valence-corrected chi connectivity index (χ2v) is 5.86. The maximum absolute atomic E-state index is 11.7. The minimum atomic E-state index is -0.497. The van der Waals surface area contributed by atoms with Gasteiger partial charge in [-0.3, -0.25) is 0 Å². The SMILES string of the molecule is Cc1c[nH]c(C)c1CC(CN)NC(=O)OC(C)(C)C. The fourth-order valence-corrected chi connectivity index (χ4v) is 1.91. The number of carbonyl (C=O) groups excluding carboxylic acids is 1. The summed E-state index contributed by atoms with van der Waals surface area (Å²) in [5, 5.41) is 2.82. The number of alkyl carbamates (subject to hydrolysis) is 1. The van der Waals surface area contributed by atoms with Gasteiger partial charge in [-0.1, -0.05) is 0 Å². The van der Waals surface area contributed by atoms with Gasteiger partial charge in [0.1, 0.15) is 5.60 Å². The Morgan fingerprint density at radius 1 is 1.47 bits per heavy atom. The molecule has 1 unspecified atom stereocenters. The predicted octanol–water partition coefficient (Wildman–Crippen LogP) is 2.03. The third-order valence-electron chi connectivity index (χ3n) is 2.89. The van der Waals surface area contributed by atoms with Gasteiger partial charge < -0.3 is 20.8 Å². The first-order chi connectivity index (χ1) is 8.73. The van der Waals surface area contributed by atoms with Crippen LogP contribution >= 0.6 is 0 Å². The first kappa shape index (κ1) is 15.6. The molecule has 1 aromatic heterocycles. The van der Waals surface area contributed by atoms with Crippen LogP contribution in [0.1, 0.15) is 37.6 Å². The molecule has 0 saturated heterocycles. The normalized spacial score (nSPS) is 13.2. The predicted molar refractivity (Wildman–Crippen MR) is 76.2 cm³/mol. The number of aromatic amines is 1. The second kappa shape index (κ2) is 6.10. The van der Waals surface area contributed by atoms with Gasteiger partial charge in [0.25, 0.3) is 0 Å². The van der Waals surface area contributed by atoms with Crippen molar-refractivity contribution >= 4 is 6.09 Å². The van der Waals surface area contributed by atoms with Crippen LogP contribution in [0.4, 0.5) is 4.79 Å². The van der Waals surface area contributed by atoms with Crippen LogP contribution in [-0.4, -0.2) is 29.3 Å². The zero-order valence-electron chi connectivity index (χ0n) is 12.5. The zero-order chi connectivity index (χ0) is 14.6. The molecule has 1 amide bonds. The van der Waals surface area contributed by atoms with E-state index in [9.17, 15) is 4.79 Å². The third kappa shape index (κ3) is 4.95. The highest BCUT2D eigenvalue weighted by atomic mass is 16.6. The standard InChI is InChI=1S/C14H25N3O2/c1-9-8-16-10(2)12(9)6-11(7-15)17-13(18)19-14(3,4)5/h8,11,16H,6-7,15H2,1-5H3,(H,17,18). The Hall–Kier alpha value is -1.49. The number of ether oxygens (including phenoxy) is 1. The third-order valence-corrected chi connectivity index (χ3v) is 2.89. The Bertz CT molecular complexity index is 413. The van der Waals surface area contributed by atoms with Gasteiger partial charge in [0.05, 0.1) is 0 Å². The molecule has 19 heavy (non-hydrogen) atoms. The van der Waals surface area contributed by atoms with Gasteiger partial charge in [0.15, 0.2) is 0 Å². The summed E-state index contributed by atoms with van der Waals surface area (Å²) in [5.74, 6) is 0. The number of nitrogens with two attached hydrogens (primary N) is 1. The van der Waals surface area contributed by atoms with Gasteiger partial charge in [-0.15, -0.1) is 0 Å². The van der Waals surface area contributed by atoms with Gasteiger partial charge >= 0.3 is 6.09 Å². The number of aromatic nitrogens is 1. The van der Waals surface area contributed by atoms with Crippen molar-refractivity contribution in [2.45, 2.75) is 52.7 Å². The van der Waals surface area contributed by atoms with Crippen LogP contribution in [0, 0.1) is 13.8 Å². The fourth-order valence-electron chi connectivity index (χ4n) is 1.91. The van der Waals surface area contributed by atoms with Crippen LogP contribution in [0.15, 0.2) is 6.20 Å². The lowest BCUT2D eigenvalue weighted by Gasteiger charge is -2.23. The Balaban J connectivity index is 2.62. The molecule has 5 heteroatoms. The first-order valence-corrected chi connectivity index (χ1v) is 6.56. The lowest BCUT2D eigenvalue weighted by Crippen LogP contribution is -2.44. The van der Waals surface area contributed by atoms with Crippen molar-refractivity contribution in [2.75, 3.05) is 6.54 Å². The van der Waals surface area contributed by atoms with E-state index in [-0.39, 0.29) is 6.04 Å². The number of H-pyrrole nitrogens is 1. The number of hydrogen-bond acceptors (Lipinski definition) is 3. The number of rotatable bonds is 4. The van der Waals surface area contributed by atoms with E-state index in [1.165, 1.54) is 11.1 Å². The van der Waals surface area contributed by atoms with Gasteiger partial charge in [-0.05, 0) is 52.2 Å². The lowest BCUT2D eigenvalue weighted by molar-refractivity contribution is 0.0506. The minimum absolute atomic E-state index is 0.122. The maximum Gasteiger partial charge on any atom is 0.407 e. The van der Waals surface area contributed by atoms with Crippen LogP contribution in [0.25, 0.3) is 0 Å². The Morgan fingerprint density at radius 3 is 2.53 bits per heavy atom. The molecule has 1 aromatic rings. The van der Waals surface area contributed by atoms with Crippen molar-refractivity contribution in [1.82, 2.24) is 10.3 Å². The number of hydrogen-bond donors (Lipinski definition) is 3. The molecule has 0 fully saturated rings. The molecule has 0 spiro atoms. The molecular weight excluding hydrogens is 242 g/mol. The summed E-state index contributed by atoms with van der Waals surface area (Å²) in [7, 11) is 0. The molecule has 1 atom stereocenters. The van der Waals surface area contributed by atoms with Crippen LogP contribution < -0.4 is 11.1 Å². The summed E-state index contributed by atoms with van der Waals surface area (Å²) >= 11 is 0. The van der Waals surface area contributed by atoms with E-state index in [0.29, 0.717) is 13.0 Å². The van der Waals surface area contributed by atoms with Crippen LogP contribution in [-0.2, 0) is 11.2 Å². The highest BCUT2D eigenvalue weighted by Gasteiger charge is 2.20. The van der Waals surface area contributed by atoms with E-state index in [2.05, 4.69) is 10.3 Å². The van der Waals surface area contributed by atoms with E-state index in [1.54, 1.807) is 0 Å². The summed E-state index contributed by atoms with van der Waals surface area (Å²) < 4.78 is 5.24. The summed E-state index contributed by atoms with van der Waals surface area (Å²) in [6.07, 6.45) is 2.25. The highest BCUT2D eigenvalue weighted by molar-refractivity contribution is 5.68. The average Bonchev–Trinajstić information content (AvgIpc) is 2.57.